The molecule has 1 aliphatic rings. The number of ether oxygens (including phenoxy) is 1. The van der Waals surface area contributed by atoms with Crippen LogP contribution in [0.3, 0.4) is 0 Å². The van der Waals surface area contributed by atoms with Crippen molar-refractivity contribution in [3.8, 4) is 0 Å². The quantitative estimate of drug-likeness (QED) is 0.169. The fourth-order valence-electron chi connectivity index (χ4n) is 2.81. The van der Waals surface area contributed by atoms with E-state index in [0.717, 1.165) is 0 Å². The average molecular weight is 538 g/mol. The molecular formula is C11H17N4O13P3S. The van der Waals surface area contributed by atoms with Gasteiger partial charge in [0.05, 0.1) is 12.9 Å². The van der Waals surface area contributed by atoms with Crippen molar-refractivity contribution in [2.24, 2.45) is 0 Å². The minimum Gasteiger partial charge on any atom is -0.387 e. The van der Waals surface area contributed by atoms with Crippen molar-refractivity contribution in [3.63, 3.8) is 0 Å². The molecule has 1 aliphatic heterocycles. The molecule has 3 unspecified atom stereocenters. The van der Waals surface area contributed by atoms with Crippen LogP contribution in [0, 0.1) is 11.6 Å². The van der Waals surface area contributed by atoms with Gasteiger partial charge in [0.2, 0.25) is 0 Å². The van der Waals surface area contributed by atoms with E-state index in [2.05, 4.69) is 28.1 Å². The number of fused-ring (bicyclic) bond motifs is 1. The molecule has 0 saturated carbocycles. The van der Waals surface area contributed by atoms with E-state index in [1.807, 2.05) is 0 Å². The van der Waals surface area contributed by atoms with Crippen molar-refractivity contribution in [2.45, 2.75) is 31.5 Å². The number of aliphatic hydroxyl groups is 2. The summed E-state index contributed by atoms with van der Waals surface area (Å²) in [6.45, 7) is 0.681. The largest absolute Gasteiger partial charge is 0.490 e. The van der Waals surface area contributed by atoms with Gasteiger partial charge in [0.15, 0.2) is 10.9 Å². The summed E-state index contributed by atoms with van der Waals surface area (Å²) in [4.78, 5) is 46.7. The van der Waals surface area contributed by atoms with Crippen LogP contribution < -0.4 is 0 Å². The van der Waals surface area contributed by atoms with Gasteiger partial charge in [-0.3, -0.25) is 9.09 Å². The molecule has 3 heterocycles. The molecule has 1 fully saturated rings. The molecule has 2 aromatic heterocycles. The average Bonchev–Trinajstić information content (AvgIpc) is 3.12. The summed E-state index contributed by atoms with van der Waals surface area (Å²) in [6.07, 6.45) is -4.67. The lowest BCUT2D eigenvalue weighted by molar-refractivity contribution is -0.0503. The Morgan fingerprint density at radius 1 is 1.16 bits per heavy atom. The van der Waals surface area contributed by atoms with Crippen LogP contribution >= 0.6 is 35.7 Å². The van der Waals surface area contributed by atoms with Crippen molar-refractivity contribution in [3.05, 3.63) is 16.8 Å². The van der Waals surface area contributed by atoms with Gasteiger partial charge >= 0.3 is 23.5 Å². The minimum absolute atomic E-state index is 0.173. The first-order chi connectivity index (χ1) is 14.6. The lowest BCUT2D eigenvalue weighted by Gasteiger charge is -2.19. The van der Waals surface area contributed by atoms with Crippen molar-refractivity contribution in [2.75, 3.05) is 6.61 Å². The maximum Gasteiger partial charge on any atom is 0.490 e. The number of hydrogen-bond donors (Lipinski definition) is 7. The van der Waals surface area contributed by atoms with E-state index in [1.165, 1.54) is 10.9 Å². The van der Waals surface area contributed by atoms with Crippen LogP contribution in [0.1, 0.15) is 12.1 Å². The summed E-state index contributed by atoms with van der Waals surface area (Å²) in [5, 5.41) is 20.6. The number of rotatable bonds is 8. The second-order valence-corrected chi connectivity index (χ2v) is 11.2. The molecule has 0 radical (unpaired) electrons. The molecule has 0 spiro atoms. The van der Waals surface area contributed by atoms with Crippen LogP contribution in [0.25, 0.3) is 11.2 Å². The smallest absolute Gasteiger partial charge is 0.387 e. The molecule has 32 heavy (non-hydrogen) atoms. The highest BCUT2D eigenvalue weighted by atomic mass is 32.1. The zero-order chi connectivity index (χ0) is 24.1. The fraction of sp³-hybridized carbons (Fsp3) is 0.545. The van der Waals surface area contributed by atoms with Crippen LogP contribution in [-0.2, 0) is 31.6 Å². The molecule has 0 aliphatic carbocycles. The SMILES string of the molecule is Cc1nc(=S)c2ncn([C@@H]3O[C@H](COP(=O)(O)OP(=O)(O)OP(=O)(O)O)C(O)[C@@H]3O)c2[nH]1. The standard InChI is InChI=1S/C11H17N4O13P3S/c1-4-13-9-6(10(32)14-4)12-3-15(9)11-8(17)7(16)5(26-11)2-25-30(21,22)28-31(23,24)27-29(18,19)20/h3,5,7-8,11,16-17H,2H2,1H3,(H,21,22)(H,23,24)(H,13,14,32)(H2,18,19,20)/t5-,7?,8+,11-/m1/s1. The van der Waals surface area contributed by atoms with Crippen LogP contribution in [0.2, 0.25) is 0 Å². The van der Waals surface area contributed by atoms with Gasteiger partial charge in [-0.15, -0.1) is 0 Å². The number of aromatic amines is 1. The zero-order valence-corrected chi connectivity index (χ0v) is 19.2. The van der Waals surface area contributed by atoms with Gasteiger partial charge in [0.25, 0.3) is 0 Å². The van der Waals surface area contributed by atoms with Crippen LogP contribution in [0.15, 0.2) is 6.33 Å². The van der Waals surface area contributed by atoms with Gasteiger partial charge in [0.1, 0.15) is 35.3 Å². The topological polar surface area (TPSA) is 256 Å². The third-order valence-corrected chi connectivity index (χ3v) is 8.08. The molecule has 2 aromatic rings. The van der Waals surface area contributed by atoms with E-state index in [0.29, 0.717) is 11.5 Å². The number of aliphatic hydroxyl groups excluding tert-OH is 2. The molecule has 3 rings (SSSR count). The van der Waals surface area contributed by atoms with Crippen LogP contribution in [0.5, 0.6) is 0 Å². The fourth-order valence-corrected chi connectivity index (χ4v) is 6.12. The third kappa shape index (κ3) is 5.94. The summed E-state index contributed by atoms with van der Waals surface area (Å²) in [5.41, 5.74) is 0.597. The Balaban J connectivity index is 1.72. The predicted molar refractivity (Wildman–Crippen MR) is 103 cm³/mol. The molecular weight excluding hydrogens is 521 g/mol. The number of phosphoric acid groups is 3. The van der Waals surface area contributed by atoms with Crippen molar-refractivity contribution in [1.82, 2.24) is 19.5 Å². The molecule has 1 saturated heterocycles. The van der Waals surface area contributed by atoms with E-state index in [4.69, 9.17) is 31.6 Å². The summed E-state index contributed by atoms with van der Waals surface area (Å²) in [7, 11) is -16.7. The van der Waals surface area contributed by atoms with E-state index >= 15 is 0 Å². The number of phosphoric ester groups is 1. The molecule has 0 aromatic carbocycles. The van der Waals surface area contributed by atoms with Crippen LogP contribution in [0.4, 0.5) is 0 Å². The first-order valence-corrected chi connectivity index (χ1v) is 13.2. The van der Waals surface area contributed by atoms with Gasteiger partial charge in [-0.05, 0) is 6.92 Å². The Morgan fingerprint density at radius 2 is 1.81 bits per heavy atom. The molecule has 21 heteroatoms. The van der Waals surface area contributed by atoms with E-state index in [1.54, 1.807) is 6.92 Å². The van der Waals surface area contributed by atoms with E-state index in [-0.39, 0.29) is 10.2 Å². The lowest BCUT2D eigenvalue weighted by atomic mass is 10.1. The van der Waals surface area contributed by atoms with Crippen molar-refractivity contribution < 1.29 is 61.4 Å². The van der Waals surface area contributed by atoms with Crippen molar-refractivity contribution in [1.29, 1.82) is 0 Å². The summed E-state index contributed by atoms with van der Waals surface area (Å²) in [6, 6.07) is 0. The van der Waals surface area contributed by atoms with Gasteiger partial charge in [-0.25, -0.2) is 23.7 Å². The van der Waals surface area contributed by atoms with Gasteiger partial charge < -0.3 is 39.5 Å². The Morgan fingerprint density at radius 3 is 2.44 bits per heavy atom. The second-order valence-electron chi connectivity index (χ2n) is 6.41. The lowest BCUT2D eigenvalue weighted by Crippen LogP contribution is -2.33. The third-order valence-electron chi connectivity index (χ3n) is 3.99. The van der Waals surface area contributed by atoms with E-state index < -0.39 is 54.6 Å². The number of nitrogens with zero attached hydrogens (tertiary/aromatic N) is 3. The Kier molecular flexibility index (Phi) is 7.24. The number of nitrogens with one attached hydrogen (secondary N) is 1. The highest BCUT2D eigenvalue weighted by molar-refractivity contribution is 7.71. The van der Waals surface area contributed by atoms with Gasteiger partial charge in [-0.2, -0.15) is 8.62 Å². The first-order valence-electron chi connectivity index (χ1n) is 8.32. The zero-order valence-electron chi connectivity index (χ0n) is 15.7. The highest BCUT2D eigenvalue weighted by Crippen LogP contribution is 2.66. The number of hydrogen-bond acceptors (Lipinski definition) is 12. The summed E-state index contributed by atoms with van der Waals surface area (Å²) < 4.78 is 52.4. The Hall–Kier alpha value is -0.940. The first kappa shape index (κ1) is 25.7. The van der Waals surface area contributed by atoms with Gasteiger partial charge in [0, 0.05) is 0 Å². The predicted octanol–water partition coefficient (Wildman–Crippen LogP) is -0.240. The monoisotopic (exact) mass is 538 g/mol. The van der Waals surface area contributed by atoms with Gasteiger partial charge in [-0.1, -0.05) is 12.2 Å². The maximum atomic E-state index is 11.8. The van der Waals surface area contributed by atoms with E-state index in [9.17, 15) is 28.8 Å². The second kappa shape index (κ2) is 9.02. The Bertz CT molecular complexity index is 1210. The summed E-state index contributed by atoms with van der Waals surface area (Å²) in [5.74, 6) is 0.432. The molecule has 17 nitrogen and oxygen atoms in total. The van der Waals surface area contributed by atoms with Crippen molar-refractivity contribution >= 4 is 46.8 Å². The normalized spacial score (nSPS) is 28.0. The number of imidazole rings is 1. The highest BCUT2D eigenvalue weighted by Gasteiger charge is 2.46. The Labute approximate surface area is 183 Å². The number of aryl methyl sites for hydroxylation is 1. The molecule has 6 atom stereocenters. The molecule has 180 valence electrons. The molecule has 7 N–H and O–H groups in total. The molecule has 0 bridgehead atoms. The minimum atomic E-state index is -5.70. The number of aromatic nitrogens is 4. The maximum absolute atomic E-state index is 11.8. The number of H-pyrrole nitrogens is 1. The molecule has 0 amide bonds. The summed E-state index contributed by atoms with van der Waals surface area (Å²) >= 11 is 5.11. The van der Waals surface area contributed by atoms with Crippen LogP contribution in [-0.4, -0.2) is 74.2 Å².